The molecule has 1 aromatic rings. The lowest BCUT2D eigenvalue weighted by atomic mass is 9.92. The van der Waals surface area contributed by atoms with Gasteiger partial charge in [0, 0.05) is 12.2 Å². The maximum atomic E-state index is 12.0. The zero-order chi connectivity index (χ0) is 14.0. The third-order valence-corrected chi connectivity index (χ3v) is 3.55. The standard InChI is InChI=1S/C14H18N2O3/c1-14(2)6-5-10(7-14)16-12(17)11-4-3-9(8-15-11)13(18)19/h3-4,8,10H,5-7H2,1-2H3,(H,16,17)(H,18,19). The van der Waals surface area contributed by atoms with Crippen molar-refractivity contribution in [3.8, 4) is 0 Å². The third-order valence-electron chi connectivity index (χ3n) is 3.55. The van der Waals surface area contributed by atoms with Crippen molar-refractivity contribution in [1.82, 2.24) is 10.3 Å². The number of amides is 1. The Morgan fingerprint density at radius 2 is 2.16 bits per heavy atom. The van der Waals surface area contributed by atoms with Crippen molar-refractivity contribution in [3.63, 3.8) is 0 Å². The number of nitrogens with zero attached hydrogens (tertiary/aromatic N) is 1. The normalized spacial score (nSPS) is 21.1. The van der Waals surface area contributed by atoms with Gasteiger partial charge >= 0.3 is 5.97 Å². The molecule has 1 aliphatic carbocycles. The molecule has 1 fully saturated rings. The number of pyridine rings is 1. The zero-order valence-electron chi connectivity index (χ0n) is 11.1. The molecule has 1 heterocycles. The summed E-state index contributed by atoms with van der Waals surface area (Å²) in [4.78, 5) is 26.5. The van der Waals surface area contributed by atoms with Gasteiger partial charge < -0.3 is 10.4 Å². The van der Waals surface area contributed by atoms with Crippen LogP contribution in [0.25, 0.3) is 0 Å². The topological polar surface area (TPSA) is 79.3 Å². The van der Waals surface area contributed by atoms with E-state index < -0.39 is 5.97 Å². The summed E-state index contributed by atoms with van der Waals surface area (Å²) < 4.78 is 0. The van der Waals surface area contributed by atoms with Crippen LogP contribution in [0.15, 0.2) is 18.3 Å². The zero-order valence-corrected chi connectivity index (χ0v) is 11.1. The van der Waals surface area contributed by atoms with Crippen LogP contribution in [-0.2, 0) is 0 Å². The van der Waals surface area contributed by atoms with Crippen molar-refractivity contribution in [3.05, 3.63) is 29.6 Å². The van der Waals surface area contributed by atoms with Crippen LogP contribution in [0.5, 0.6) is 0 Å². The highest BCUT2D eigenvalue weighted by Gasteiger charge is 2.31. The van der Waals surface area contributed by atoms with Crippen molar-refractivity contribution in [2.24, 2.45) is 5.41 Å². The van der Waals surface area contributed by atoms with Crippen LogP contribution in [0.2, 0.25) is 0 Å². The second-order valence-electron chi connectivity index (χ2n) is 5.81. The van der Waals surface area contributed by atoms with Gasteiger partial charge in [0.2, 0.25) is 0 Å². The van der Waals surface area contributed by atoms with E-state index >= 15 is 0 Å². The van der Waals surface area contributed by atoms with E-state index in [-0.39, 0.29) is 28.6 Å². The van der Waals surface area contributed by atoms with Crippen LogP contribution in [0.3, 0.4) is 0 Å². The first-order chi connectivity index (χ1) is 8.87. The summed E-state index contributed by atoms with van der Waals surface area (Å²) in [7, 11) is 0. The van der Waals surface area contributed by atoms with E-state index in [1.165, 1.54) is 18.3 Å². The number of nitrogens with one attached hydrogen (secondary N) is 1. The maximum Gasteiger partial charge on any atom is 0.337 e. The van der Waals surface area contributed by atoms with E-state index in [9.17, 15) is 9.59 Å². The molecule has 1 unspecified atom stereocenters. The minimum Gasteiger partial charge on any atom is -0.478 e. The molecule has 102 valence electrons. The molecule has 0 bridgehead atoms. The summed E-state index contributed by atoms with van der Waals surface area (Å²) in [5.41, 5.74) is 0.617. The van der Waals surface area contributed by atoms with Gasteiger partial charge in [-0.1, -0.05) is 13.8 Å². The molecule has 1 aromatic heterocycles. The Morgan fingerprint density at radius 1 is 1.42 bits per heavy atom. The highest BCUT2D eigenvalue weighted by Crippen LogP contribution is 2.36. The number of rotatable bonds is 3. The predicted molar refractivity (Wildman–Crippen MR) is 70.1 cm³/mol. The van der Waals surface area contributed by atoms with Crippen LogP contribution < -0.4 is 5.32 Å². The summed E-state index contributed by atoms with van der Waals surface area (Å²) in [6.07, 6.45) is 4.25. The first kappa shape index (κ1) is 13.5. The fourth-order valence-electron chi connectivity index (χ4n) is 2.47. The number of carboxylic acids is 1. The lowest BCUT2D eigenvalue weighted by Crippen LogP contribution is -2.34. The highest BCUT2D eigenvalue weighted by molar-refractivity contribution is 5.93. The number of aromatic nitrogens is 1. The van der Waals surface area contributed by atoms with Gasteiger partial charge in [-0.15, -0.1) is 0 Å². The van der Waals surface area contributed by atoms with Crippen molar-refractivity contribution in [2.75, 3.05) is 0 Å². The summed E-state index contributed by atoms with van der Waals surface area (Å²) in [6, 6.07) is 3.02. The Morgan fingerprint density at radius 3 is 2.63 bits per heavy atom. The molecule has 1 atom stereocenters. The summed E-state index contributed by atoms with van der Waals surface area (Å²) >= 11 is 0. The van der Waals surface area contributed by atoms with Crippen LogP contribution in [0.1, 0.15) is 54.0 Å². The summed E-state index contributed by atoms with van der Waals surface area (Å²) in [6.45, 7) is 4.39. The molecule has 19 heavy (non-hydrogen) atoms. The minimum atomic E-state index is -1.04. The van der Waals surface area contributed by atoms with Crippen molar-refractivity contribution in [1.29, 1.82) is 0 Å². The molecule has 0 aromatic carbocycles. The van der Waals surface area contributed by atoms with Gasteiger partial charge in [-0.2, -0.15) is 0 Å². The van der Waals surface area contributed by atoms with Crippen LogP contribution in [-0.4, -0.2) is 28.0 Å². The van der Waals surface area contributed by atoms with E-state index in [1.54, 1.807) is 0 Å². The van der Waals surface area contributed by atoms with Gasteiger partial charge in [-0.05, 0) is 36.8 Å². The molecule has 0 aliphatic heterocycles. The summed E-state index contributed by atoms with van der Waals surface area (Å²) in [5.74, 6) is -1.28. The van der Waals surface area contributed by atoms with Crippen molar-refractivity contribution < 1.29 is 14.7 Å². The molecule has 2 rings (SSSR count). The largest absolute Gasteiger partial charge is 0.478 e. The molecule has 5 heteroatoms. The summed E-state index contributed by atoms with van der Waals surface area (Å²) in [5, 5.41) is 11.7. The fourth-order valence-corrected chi connectivity index (χ4v) is 2.47. The van der Waals surface area contributed by atoms with E-state index in [2.05, 4.69) is 24.1 Å². The number of hydrogen-bond donors (Lipinski definition) is 2. The van der Waals surface area contributed by atoms with E-state index in [1.807, 2.05) is 0 Å². The van der Waals surface area contributed by atoms with Gasteiger partial charge in [0.1, 0.15) is 5.69 Å². The maximum absolute atomic E-state index is 12.0. The lowest BCUT2D eigenvalue weighted by molar-refractivity contribution is 0.0695. The van der Waals surface area contributed by atoms with E-state index in [0.717, 1.165) is 19.3 Å². The van der Waals surface area contributed by atoms with Gasteiger partial charge in [0.05, 0.1) is 5.56 Å². The molecular formula is C14H18N2O3. The molecule has 1 saturated carbocycles. The smallest absolute Gasteiger partial charge is 0.337 e. The van der Waals surface area contributed by atoms with Gasteiger partial charge in [-0.3, -0.25) is 9.78 Å². The third kappa shape index (κ3) is 3.30. The second kappa shape index (κ2) is 4.99. The average molecular weight is 262 g/mol. The first-order valence-electron chi connectivity index (χ1n) is 6.38. The lowest BCUT2D eigenvalue weighted by Gasteiger charge is -2.17. The number of carbonyl (C=O) groups excluding carboxylic acids is 1. The monoisotopic (exact) mass is 262 g/mol. The first-order valence-corrected chi connectivity index (χ1v) is 6.38. The molecule has 0 spiro atoms. The van der Waals surface area contributed by atoms with Crippen LogP contribution in [0, 0.1) is 5.41 Å². The molecule has 5 nitrogen and oxygen atoms in total. The van der Waals surface area contributed by atoms with Crippen molar-refractivity contribution >= 4 is 11.9 Å². The average Bonchev–Trinajstić information content (AvgIpc) is 2.68. The van der Waals surface area contributed by atoms with E-state index in [0.29, 0.717) is 0 Å². The number of carboxylic acid groups (broad SMARTS) is 1. The highest BCUT2D eigenvalue weighted by atomic mass is 16.4. The Balaban J connectivity index is 1.99. The number of carbonyl (C=O) groups is 2. The molecule has 0 saturated heterocycles. The molecular weight excluding hydrogens is 244 g/mol. The Labute approximate surface area is 112 Å². The van der Waals surface area contributed by atoms with Gasteiger partial charge in [0.15, 0.2) is 0 Å². The fraction of sp³-hybridized carbons (Fsp3) is 0.500. The van der Waals surface area contributed by atoms with Crippen LogP contribution in [0.4, 0.5) is 0 Å². The quantitative estimate of drug-likeness (QED) is 0.874. The SMILES string of the molecule is CC1(C)CCC(NC(=O)c2ccc(C(=O)O)cn2)C1. The Kier molecular flexibility index (Phi) is 3.55. The Hall–Kier alpha value is -1.91. The van der Waals surface area contributed by atoms with E-state index in [4.69, 9.17) is 5.11 Å². The second-order valence-corrected chi connectivity index (χ2v) is 5.81. The van der Waals surface area contributed by atoms with Gasteiger partial charge in [0.25, 0.3) is 5.91 Å². The van der Waals surface area contributed by atoms with Gasteiger partial charge in [-0.25, -0.2) is 4.79 Å². The molecule has 1 amide bonds. The van der Waals surface area contributed by atoms with Crippen LogP contribution >= 0.6 is 0 Å². The molecule has 1 aliphatic rings. The minimum absolute atomic E-state index is 0.0820. The number of hydrogen-bond acceptors (Lipinski definition) is 3. The van der Waals surface area contributed by atoms with Crippen molar-refractivity contribution in [2.45, 2.75) is 39.2 Å². The molecule has 0 radical (unpaired) electrons. The Bertz CT molecular complexity index is 494. The predicted octanol–water partition coefficient (Wildman–Crippen LogP) is 2.09. The molecule has 2 N–H and O–H groups in total. The number of aromatic carboxylic acids is 1.